The maximum absolute atomic E-state index is 14.4. The van der Waals surface area contributed by atoms with Crippen molar-refractivity contribution in [3.8, 4) is 0 Å². The van der Waals surface area contributed by atoms with Gasteiger partial charge < -0.3 is 64.4 Å². The van der Waals surface area contributed by atoms with Crippen LogP contribution in [0.3, 0.4) is 0 Å². The normalized spacial score (nSPS) is 11.5. The number of likely N-dealkylation sites (N-methyl/N-ethyl adjacent to an activating group) is 3. The second-order valence-electron chi connectivity index (χ2n) is 15.7. The Bertz CT molecular complexity index is 2060. The van der Waals surface area contributed by atoms with E-state index in [1.54, 1.807) is 18.2 Å². The average molecular weight is 1070 g/mol. The van der Waals surface area contributed by atoms with E-state index in [1.165, 1.54) is 36.4 Å². The Balaban J connectivity index is 0.00000661. The van der Waals surface area contributed by atoms with Gasteiger partial charge in [0.1, 0.15) is 19.6 Å². The summed E-state index contributed by atoms with van der Waals surface area (Å²) in [5.41, 5.74) is -0.0285. The smallest absolute Gasteiger partial charge is 0.336 e. The molecule has 0 unspecified atom stereocenters. The highest BCUT2D eigenvalue weighted by atomic mass is 79.9. The van der Waals surface area contributed by atoms with Crippen molar-refractivity contribution >= 4 is 17.1 Å². The number of rotatable bonds is 24. The minimum atomic E-state index is -0.731. The Morgan fingerprint density at radius 1 is 0.429 bits per heavy atom. The van der Waals surface area contributed by atoms with E-state index in [2.05, 4.69) is 0 Å². The summed E-state index contributed by atoms with van der Waals surface area (Å²) < 4.78 is 4.63. The molecule has 348 valence electrons. The molecule has 0 atom stereocenters. The number of benzene rings is 3. The SMILES string of the molecule is CC[N+](CC)(CCn1c(=O)n(CC[N+](CC)(CC)Cc2cccc([N+](=O)[O-])c2)c(=O)n(CC[N+](CC)(CC)Cc2cccc([N+](=O)[O-])c2)c1=O)Cc1cccc([N+](=O)[O-])c1.[Br-].[Br-].[Br-]. The van der Waals surface area contributed by atoms with Crippen LogP contribution in [-0.2, 0) is 39.3 Å². The molecular formula is C42H60Br3N9O9. The lowest BCUT2D eigenvalue weighted by Gasteiger charge is -2.38. The molecule has 0 spiro atoms. The second kappa shape index (κ2) is 25.2. The Hall–Kier alpha value is -4.41. The number of hydrogen-bond acceptors (Lipinski definition) is 9. The van der Waals surface area contributed by atoms with Gasteiger partial charge in [0, 0.05) is 53.1 Å². The second-order valence-corrected chi connectivity index (χ2v) is 15.7. The number of hydrogen-bond donors (Lipinski definition) is 0. The van der Waals surface area contributed by atoms with Crippen LogP contribution in [0.15, 0.2) is 87.2 Å². The van der Waals surface area contributed by atoms with E-state index in [0.717, 1.165) is 30.4 Å². The third-order valence-corrected chi connectivity index (χ3v) is 12.7. The maximum atomic E-state index is 14.4. The summed E-state index contributed by atoms with van der Waals surface area (Å²) in [7, 11) is 0. The zero-order valence-electron chi connectivity index (χ0n) is 36.9. The van der Waals surface area contributed by atoms with Gasteiger partial charge in [-0.1, -0.05) is 36.4 Å². The van der Waals surface area contributed by atoms with Crippen molar-refractivity contribution < 1.29 is 79.2 Å². The fourth-order valence-corrected chi connectivity index (χ4v) is 8.19. The number of aromatic nitrogens is 3. The molecule has 0 aliphatic heterocycles. The van der Waals surface area contributed by atoms with Crippen molar-refractivity contribution in [2.24, 2.45) is 0 Å². The quantitative estimate of drug-likeness (QED) is 0.0383. The molecule has 0 saturated heterocycles. The average Bonchev–Trinajstić information content (AvgIpc) is 3.25. The van der Waals surface area contributed by atoms with Gasteiger partial charge in [0.15, 0.2) is 0 Å². The van der Waals surface area contributed by atoms with Crippen LogP contribution in [0.2, 0.25) is 0 Å². The maximum Gasteiger partial charge on any atom is 0.336 e. The summed E-state index contributed by atoms with van der Waals surface area (Å²) in [5.74, 6) is 0. The predicted octanol–water partition coefficient (Wildman–Crippen LogP) is -3.92. The van der Waals surface area contributed by atoms with Crippen molar-refractivity contribution in [1.29, 1.82) is 0 Å². The van der Waals surface area contributed by atoms with Gasteiger partial charge in [-0.15, -0.1) is 0 Å². The highest BCUT2D eigenvalue weighted by Gasteiger charge is 2.31. The van der Waals surface area contributed by atoms with Gasteiger partial charge in [0.25, 0.3) is 17.1 Å². The van der Waals surface area contributed by atoms with E-state index in [4.69, 9.17) is 0 Å². The van der Waals surface area contributed by atoms with E-state index in [9.17, 15) is 44.7 Å². The number of nitrogens with zero attached hydrogens (tertiary/aromatic N) is 9. The molecule has 0 N–H and O–H groups in total. The minimum Gasteiger partial charge on any atom is -1.00 e. The van der Waals surface area contributed by atoms with Gasteiger partial charge in [0.2, 0.25) is 0 Å². The van der Waals surface area contributed by atoms with Crippen LogP contribution in [0.4, 0.5) is 17.1 Å². The molecule has 0 amide bonds. The number of non-ortho nitro benzene ring substituents is 3. The van der Waals surface area contributed by atoms with E-state index >= 15 is 0 Å². The number of nitro groups is 3. The Morgan fingerprint density at radius 3 is 0.841 bits per heavy atom. The first-order valence-corrected chi connectivity index (χ1v) is 20.7. The van der Waals surface area contributed by atoms with Crippen molar-refractivity contribution in [1.82, 2.24) is 13.7 Å². The van der Waals surface area contributed by atoms with E-state index in [0.29, 0.717) is 92.0 Å². The van der Waals surface area contributed by atoms with Crippen LogP contribution in [0.5, 0.6) is 0 Å². The van der Waals surface area contributed by atoms with Crippen LogP contribution < -0.4 is 68.0 Å². The highest BCUT2D eigenvalue weighted by Crippen LogP contribution is 2.22. The van der Waals surface area contributed by atoms with E-state index < -0.39 is 31.8 Å². The monoisotopic (exact) mass is 1070 g/mol. The zero-order valence-corrected chi connectivity index (χ0v) is 41.6. The first-order chi connectivity index (χ1) is 28.5. The molecule has 4 aromatic rings. The molecule has 21 heteroatoms. The number of quaternary nitrogens is 3. The Morgan fingerprint density at radius 2 is 0.651 bits per heavy atom. The molecule has 0 fully saturated rings. The first kappa shape index (κ1) is 56.6. The molecule has 3 aromatic carbocycles. The highest BCUT2D eigenvalue weighted by molar-refractivity contribution is 5.35. The zero-order chi connectivity index (χ0) is 44.3. The Kier molecular flexibility index (Phi) is 22.6. The number of nitro benzene ring substituents is 3. The minimum absolute atomic E-state index is 0. The molecule has 63 heavy (non-hydrogen) atoms. The molecular weight excluding hydrogens is 1010 g/mol. The lowest BCUT2D eigenvalue weighted by molar-refractivity contribution is -0.938. The first-order valence-electron chi connectivity index (χ1n) is 20.7. The fraction of sp³-hybridized carbons (Fsp3) is 0.500. The lowest BCUT2D eigenvalue weighted by Crippen LogP contribution is -3.00. The van der Waals surface area contributed by atoms with Gasteiger partial charge in [-0.3, -0.25) is 30.3 Å². The van der Waals surface area contributed by atoms with Crippen molar-refractivity contribution in [2.45, 2.75) is 80.8 Å². The summed E-state index contributed by atoms with van der Waals surface area (Å²) in [4.78, 5) is 76.6. The molecule has 1 aromatic heterocycles. The molecule has 4 rings (SSSR count). The van der Waals surface area contributed by atoms with E-state index in [1.807, 2.05) is 59.7 Å². The van der Waals surface area contributed by atoms with Gasteiger partial charge in [-0.05, 0) is 41.5 Å². The lowest BCUT2D eigenvalue weighted by atomic mass is 10.1. The summed E-state index contributed by atoms with van der Waals surface area (Å²) >= 11 is 0. The van der Waals surface area contributed by atoms with Crippen LogP contribution in [0.1, 0.15) is 58.2 Å². The molecule has 1 heterocycles. The fourth-order valence-electron chi connectivity index (χ4n) is 8.19. The standard InChI is InChI=1S/C42H60N9O9.3BrH/c1-7-49(8-2,31-34-16-13-19-37(28-34)46(55)56)25-22-43-40(52)44(23-26-50(9-3,10-4)32-35-17-14-20-38(29-35)47(57)58)42(54)45(41(43)53)24-27-51(11-5,12-6)33-36-18-15-21-39(30-36)48(59)60;;;/h13-21,28-30H,7-12,22-27,31-33H2,1-6H3;3*1H/q+3;;;/p-3. The summed E-state index contributed by atoms with van der Waals surface area (Å²) in [5, 5.41) is 34.6. The van der Waals surface area contributed by atoms with Crippen LogP contribution in [0, 0.1) is 30.3 Å². The van der Waals surface area contributed by atoms with E-state index in [-0.39, 0.29) is 87.6 Å². The van der Waals surface area contributed by atoms with Crippen molar-refractivity contribution in [3.63, 3.8) is 0 Å². The predicted molar refractivity (Wildman–Crippen MR) is 228 cm³/mol. The Labute approximate surface area is 398 Å². The van der Waals surface area contributed by atoms with Crippen LogP contribution >= 0.6 is 0 Å². The topological polar surface area (TPSA) is 195 Å². The van der Waals surface area contributed by atoms with Gasteiger partial charge in [-0.2, -0.15) is 0 Å². The summed E-state index contributed by atoms with van der Waals surface area (Å²) in [6.45, 7) is 17.8. The summed E-state index contributed by atoms with van der Waals surface area (Å²) in [6.07, 6.45) is 0. The molecule has 0 aliphatic rings. The molecule has 0 saturated carbocycles. The van der Waals surface area contributed by atoms with Crippen LogP contribution in [0.25, 0.3) is 0 Å². The van der Waals surface area contributed by atoms with Crippen molar-refractivity contribution in [3.05, 3.63) is 151 Å². The van der Waals surface area contributed by atoms with Gasteiger partial charge >= 0.3 is 17.1 Å². The molecule has 0 bridgehead atoms. The molecule has 18 nitrogen and oxygen atoms in total. The van der Waals surface area contributed by atoms with Gasteiger partial charge in [0.05, 0.1) is 93.3 Å². The van der Waals surface area contributed by atoms with Gasteiger partial charge in [-0.25, -0.2) is 28.1 Å². The largest absolute Gasteiger partial charge is 1.00 e. The third-order valence-electron chi connectivity index (χ3n) is 12.7. The van der Waals surface area contributed by atoms with Crippen molar-refractivity contribution in [2.75, 3.05) is 58.9 Å². The summed E-state index contributed by atoms with van der Waals surface area (Å²) in [6, 6.07) is 19.3. The molecule has 0 radical (unpaired) electrons. The van der Waals surface area contributed by atoms with Crippen LogP contribution in [-0.4, -0.2) is 101 Å². The molecule has 0 aliphatic carbocycles. The third kappa shape index (κ3) is 14.0. The number of halogens is 3.